The molecule has 1 fully saturated rings. The Balaban J connectivity index is 1.95. The van der Waals surface area contributed by atoms with Crippen LogP contribution in [0.25, 0.3) is 11.2 Å². The van der Waals surface area contributed by atoms with Gasteiger partial charge in [0.05, 0.1) is 19.5 Å². The number of ether oxygens (including phenoxy) is 1. The minimum absolute atomic E-state index is 0.00707. The Bertz CT molecular complexity index is 572. The van der Waals surface area contributed by atoms with Crippen LogP contribution in [0, 0.1) is 0 Å². The fourth-order valence-corrected chi connectivity index (χ4v) is 1.97. The number of aliphatic hydroxyl groups is 1. The van der Waals surface area contributed by atoms with Crippen LogP contribution >= 0.6 is 11.6 Å². The van der Waals surface area contributed by atoms with E-state index in [1.54, 1.807) is 10.9 Å². The molecule has 0 aromatic carbocycles. The molecule has 0 radical (unpaired) electrons. The van der Waals surface area contributed by atoms with Crippen LogP contribution in [0.15, 0.2) is 6.33 Å². The molecule has 2 atom stereocenters. The normalized spacial score (nSPS) is 23.2. The van der Waals surface area contributed by atoms with Crippen molar-refractivity contribution in [2.45, 2.75) is 18.8 Å². The Morgan fingerprint density at radius 2 is 2.29 bits per heavy atom. The lowest BCUT2D eigenvalue weighted by molar-refractivity contribution is 0.241. The van der Waals surface area contributed by atoms with Crippen molar-refractivity contribution in [3.63, 3.8) is 0 Å². The number of anilines is 1. The molecule has 0 aliphatic carbocycles. The van der Waals surface area contributed by atoms with Crippen molar-refractivity contribution in [3.05, 3.63) is 11.5 Å². The number of imidazole rings is 1. The molecule has 3 rings (SSSR count). The molecule has 1 saturated heterocycles. The maximum atomic E-state index is 8.89. The van der Waals surface area contributed by atoms with Gasteiger partial charge < -0.3 is 20.1 Å². The zero-order chi connectivity index (χ0) is 12.0. The summed E-state index contributed by atoms with van der Waals surface area (Å²) in [5.41, 5.74) is 6.63. The summed E-state index contributed by atoms with van der Waals surface area (Å²) in [5, 5.41) is 9.13. The highest BCUT2D eigenvalue weighted by atomic mass is 35.5. The number of rotatable bonds is 3. The molecule has 1 aliphatic heterocycles. The summed E-state index contributed by atoms with van der Waals surface area (Å²) >= 11 is 5.91. The molecule has 2 aromatic rings. The molecular formula is C9H10ClN5O2. The van der Waals surface area contributed by atoms with Crippen molar-refractivity contribution in [2.75, 3.05) is 12.3 Å². The van der Waals surface area contributed by atoms with E-state index in [0.29, 0.717) is 17.7 Å². The zero-order valence-corrected chi connectivity index (χ0v) is 9.50. The van der Waals surface area contributed by atoms with E-state index in [2.05, 4.69) is 15.0 Å². The lowest BCUT2D eigenvalue weighted by atomic mass is 10.3. The van der Waals surface area contributed by atoms with Gasteiger partial charge in [0.25, 0.3) is 0 Å². The van der Waals surface area contributed by atoms with Crippen molar-refractivity contribution in [2.24, 2.45) is 0 Å². The molecule has 7 nitrogen and oxygen atoms in total. The summed E-state index contributed by atoms with van der Waals surface area (Å²) in [6, 6.07) is 0. The summed E-state index contributed by atoms with van der Waals surface area (Å²) in [6.07, 6.45) is 1.51. The van der Waals surface area contributed by atoms with E-state index in [9.17, 15) is 0 Å². The van der Waals surface area contributed by atoms with E-state index in [1.807, 2.05) is 0 Å². The number of epoxide rings is 1. The molecule has 3 N–H and O–H groups in total. The van der Waals surface area contributed by atoms with E-state index in [-0.39, 0.29) is 29.9 Å². The molecule has 0 amide bonds. The molecule has 2 unspecified atom stereocenters. The SMILES string of the molecule is Nc1nc(Cl)c2ncn(CC3OC3CO)c2n1. The van der Waals surface area contributed by atoms with Crippen molar-refractivity contribution in [1.29, 1.82) is 0 Å². The van der Waals surface area contributed by atoms with Gasteiger partial charge in [-0.15, -0.1) is 0 Å². The first-order valence-corrected chi connectivity index (χ1v) is 5.47. The first-order chi connectivity index (χ1) is 8.19. The van der Waals surface area contributed by atoms with Crippen LogP contribution in [-0.2, 0) is 11.3 Å². The minimum Gasteiger partial charge on any atom is -0.394 e. The Morgan fingerprint density at radius 1 is 1.47 bits per heavy atom. The molecule has 17 heavy (non-hydrogen) atoms. The Kier molecular flexibility index (Phi) is 2.39. The van der Waals surface area contributed by atoms with Crippen LogP contribution in [0.1, 0.15) is 0 Å². The largest absolute Gasteiger partial charge is 0.394 e. The van der Waals surface area contributed by atoms with Gasteiger partial charge in [-0.2, -0.15) is 9.97 Å². The molecule has 0 bridgehead atoms. The average molecular weight is 256 g/mol. The Hall–Kier alpha value is -1.44. The zero-order valence-electron chi connectivity index (χ0n) is 8.75. The van der Waals surface area contributed by atoms with E-state index >= 15 is 0 Å². The van der Waals surface area contributed by atoms with Gasteiger partial charge in [-0.3, -0.25) is 0 Å². The first-order valence-electron chi connectivity index (χ1n) is 5.09. The number of hydrogen-bond donors (Lipinski definition) is 2. The number of halogens is 1. The van der Waals surface area contributed by atoms with Crippen LogP contribution in [0.5, 0.6) is 0 Å². The van der Waals surface area contributed by atoms with Crippen LogP contribution in [-0.4, -0.2) is 43.4 Å². The Morgan fingerprint density at radius 3 is 3.00 bits per heavy atom. The molecule has 1 aliphatic rings. The number of hydrogen-bond acceptors (Lipinski definition) is 6. The summed E-state index contributed by atoms with van der Waals surface area (Å²) in [4.78, 5) is 12.0. The highest BCUT2D eigenvalue weighted by molar-refractivity contribution is 6.33. The summed E-state index contributed by atoms with van der Waals surface area (Å²) < 4.78 is 7.03. The third-order valence-corrected chi connectivity index (χ3v) is 2.95. The van der Waals surface area contributed by atoms with Gasteiger partial charge in [-0.1, -0.05) is 11.6 Å². The van der Waals surface area contributed by atoms with Gasteiger partial charge >= 0.3 is 0 Å². The Labute approximate surface area is 101 Å². The second-order valence-corrected chi connectivity index (χ2v) is 4.20. The van der Waals surface area contributed by atoms with Crippen LogP contribution in [0.2, 0.25) is 5.15 Å². The van der Waals surface area contributed by atoms with Crippen molar-refractivity contribution < 1.29 is 9.84 Å². The fourth-order valence-electron chi connectivity index (χ4n) is 1.75. The third-order valence-electron chi connectivity index (χ3n) is 2.68. The minimum atomic E-state index is -0.0953. The number of aliphatic hydroxyl groups excluding tert-OH is 1. The standard InChI is InChI=1S/C9H10ClN5O2/c10-7-6-8(14-9(11)13-7)15(3-12-6)1-4-5(2-16)17-4/h3-5,16H,1-2H2,(H2,11,13,14). The molecule has 90 valence electrons. The van der Waals surface area contributed by atoms with Gasteiger partial charge in [0.2, 0.25) is 5.95 Å². The van der Waals surface area contributed by atoms with E-state index < -0.39 is 0 Å². The summed E-state index contributed by atoms with van der Waals surface area (Å²) in [7, 11) is 0. The lowest BCUT2D eigenvalue weighted by Crippen LogP contribution is -2.09. The molecule has 3 heterocycles. The van der Waals surface area contributed by atoms with E-state index in [4.69, 9.17) is 27.2 Å². The molecule has 0 spiro atoms. The van der Waals surface area contributed by atoms with Gasteiger partial charge in [-0.25, -0.2) is 4.98 Å². The van der Waals surface area contributed by atoms with Crippen molar-refractivity contribution in [1.82, 2.24) is 19.5 Å². The number of nitrogens with two attached hydrogens (primary N) is 1. The second kappa shape index (κ2) is 3.80. The maximum Gasteiger partial charge on any atom is 0.223 e. The predicted octanol–water partition coefficient (Wildman–Crippen LogP) is -0.178. The maximum absolute atomic E-state index is 8.89. The topological polar surface area (TPSA) is 102 Å². The van der Waals surface area contributed by atoms with Crippen molar-refractivity contribution in [3.8, 4) is 0 Å². The average Bonchev–Trinajstić information content (AvgIpc) is 2.92. The number of fused-ring (bicyclic) bond motifs is 1. The molecule has 2 aromatic heterocycles. The molecular weight excluding hydrogens is 246 g/mol. The van der Waals surface area contributed by atoms with Crippen molar-refractivity contribution >= 4 is 28.7 Å². The van der Waals surface area contributed by atoms with Crippen LogP contribution in [0.4, 0.5) is 5.95 Å². The van der Waals surface area contributed by atoms with E-state index in [0.717, 1.165) is 0 Å². The second-order valence-electron chi connectivity index (χ2n) is 3.84. The number of aromatic nitrogens is 4. The fraction of sp³-hybridized carbons (Fsp3) is 0.444. The first kappa shape index (κ1) is 10.7. The summed E-state index contributed by atoms with van der Waals surface area (Å²) in [5.74, 6) is 0.111. The van der Waals surface area contributed by atoms with Crippen LogP contribution in [0.3, 0.4) is 0 Å². The number of nitrogens with zero attached hydrogens (tertiary/aromatic N) is 4. The highest BCUT2D eigenvalue weighted by Crippen LogP contribution is 2.26. The lowest BCUT2D eigenvalue weighted by Gasteiger charge is -2.01. The highest BCUT2D eigenvalue weighted by Gasteiger charge is 2.38. The molecule has 0 saturated carbocycles. The van der Waals surface area contributed by atoms with Gasteiger partial charge in [0, 0.05) is 0 Å². The van der Waals surface area contributed by atoms with Gasteiger partial charge in [0.1, 0.15) is 17.7 Å². The molecule has 8 heteroatoms. The van der Waals surface area contributed by atoms with Crippen LogP contribution < -0.4 is 5.73 Å². The van der Waals surface area contributed by atoms with Gasteiger partial charge in [-0.05, 0) is 0 Å². The smallest absolute Gasteiger partial charge is 0.223 e. The predicted molar refractivity (Wildman–Crippen MR) is 60.5 cm³/mol. The third kappa shape index (κ3) is 1.82. The summed E-state index contributed by atoms with van der Waals surface area (Å²) in [6.45, 7) is 0.587. The monoisotopic (exact) mass is 255 g/mol. The quantitative estimate of drug-likeness (QED) is 0.583. The van der Waals surface area contributed by atoms with E-state index in [1.165, 1.54) is 0 Å². The van der Waals surface area contributed by atoms with Gasteiger partial charge in [0.15, 0.2) is 10.8 Å². The number of nitrogen functional groups attached to an aromatic ring is 1.